The van der Waals surface area contributed by atoms with Crippen LogP contribution in [0.25, 0.3) is 0 Å². The predicted molar refractivity (Wildman–Crippen MR) is 70.2 cm³/mol. The molecule has 0 aromatic carbocycles. The zero-order valence-corrected chi connectivity index (χ0v) is 11.8. The van der Waals surface area contributed by atoms with Gasteiger partial charge < -0.3 is 10.1 Å². The molecule has 0 radical (unpaired) electrons. The molecule has 1 N–H and O–H groups in total. The fraction of sp³-hybridized carbons (Fsp3) is 0.846. The Labute approximate surface area is 109 Å². The first-order valence-electron chi connectivity index (χ1n) is 6.71. The normalized spacial score (nSPS) is 24.7. The van der Waals surface area contributed by atoms with E-state index in [1.165, 1.54) is 0 Å². The van der Waals surface area contributed by atoms with Gasteiger partial charge in [-0.25, -0.2) is 4.68 Å². The highest BCUT2D eigenvalue weighted by molar-refractivity contribution is 4.94. The van der Waals surface area contributed by atoms with Crippen LogP contribution >= 0.6 is 0 Å². The molecule has 18 heavy (non-hydrogen) atoms. The van der Waals surface area contributed by atoms with E-state index in [0.29, 0.717) is 12.0 Å². The lowest BCUT2D eigenvalue weighted by atomic mass is 10.0. The largest absolute Gasteiger partial charge is 0.378 e. The third-order valence-corrected chi connectivity index (χ3v) is 3.47. The van der Waals surface area contributed by atoms with Crippen molar-refractivity contribution in [3.05, 3.63) is 11.9 Å². The second-order valence-corrected chi connectivity index (χ2v) is 6.08. The number of aromatic nitrogens is 3. The van der Waals surface area contributed by atoms with Gasteiger partial charge in [-0.2, -0.15) is 0 Å². The summed E-state index contributed by atoms with van der Waals surface area (Å²) in [4.78, 5) is 0. The maximum absolute atomic E-state index is 5.54. The monoisotopic (exact) mass is 252 g/mol. The highest BCUT2D eigenvalue weighted by atomic mass is 16.5. The van der Waals surface area contributed by atoms with Crippen LogP contribution in [-0.2, 0) is 16.8 Å². The maximum Gasteiger partial charge on any atom is 0.0965 e. The number of nitrogens with zero attached hydrogens (tertiary/aromatic N) is 3. The fourth-order valence-corrected chi connectivity index (χ4v) is 2.14. The lowest BCUT2D eigenvalue weighted by Gasteiger charge is -2.17. The van der Waals surface area contributed by atoms with Crippen LogP contribution < -0.4 is 5.32 Å². The van der Waals surface area contributed by atoms with Crippen LogP contribution in [0.3, 0.4) is 0 Å². The van der Waals surface area contributed by atoms with Gasteiger partial charge in [-0.15, -0.1) is 5.10 Å². The van der Waals surface area contributed by atoms with Gasteiger partial charge in [0, 0.05) is 19.7 Å². The third-order valence-electron chi connectivity index (χ3n) is 3.47. The van der Waals surface area contributed by atoms with Crippen LogP contribution in [0.5, 0.6) is 0 Å². The second-order valence-electron chi connectivity index (χ2n) is 6.08. The molecule has 5 nitrogen and oxygen atoms in total. The molecule has 1 aromatic rings. The molecule has 0 spiro atoms. The van der Waals surface area contributed by atoms with Crippen LogP contribution in [0.1, 0.15) is 39.8 Å². The minimum atomic E-state index is -0.000936. The summed E-state index contributed by atoms with van der Waals surface area (Å²) in [5.41, 5.74) is 0.996. The number of hydrogen-bond donors (Lipinski definition) is 1. The summed E-state index contributed by atoms with van der Waals surface area (Å²) in [7, 11) is 0. The molecule has 102 valence electrons. The summed E-state index contributed by atoms with van der Waals surface area (Å²) in [6, 6.07) is 0. The Morgan fingerprint density at radius 3 is 2.83 bits per heavy atom. The topological polar surface area (TPSA) is 52.0 Å². The second kappa shape index (κ2) is 5.36. The van der Waals surface area contributed by atoms with E-state index >= 15 is 0 Å². The van der Waals surface area contributed by atoms with E-state index in [1.807, 2.05) is 10.9 Å². The molecule has 1 fully saturated rings. The van der Waals surface area contributed by atoms with Crippen molar-refractivity contribution < 1.29 is 4.74 Å². The summed E-state index contributed by atoms with van der Waals surface area (Å²) in [6.07, 6.45) is 3.55. The zero-order valence-electron chi connectivity index (χ0n) is 11.8. The third kappa shape index (κ3) is 3.29. The molecule has 2 rings (SSSR count). The van der Waals surface area contributed by atoms with Crippen LogP contribution in [0.15, 0.2) is 6.20 Å². The van der Waals surface area contributed by atoms with Gasteiger partial charge in [-0.1, -0.05) is 5.21 Å². The van der Waals surface area contributed by atoms with Gasteiger partial charge in [0.2, 0.25) is 0 Å². The standard InChI is InChI=1S/C13H24N4O/c1-10-11(5-6-18-10)7-14-8-12-9-17(16-15-12)13(2,3)4/h9-11,14H,5-8H2,1-4H3. The Bertz CT molecular complexity index is 383. The summed E-state index contributed by atoms with van der Waals surface area (Å²) >= 11 is 0. The molecule has 1 aliphatic rings. The van der Waals surface area contributed by atoms with Crippen molar-refractivity contribution >= 4 is 0 Å². The maximum atomic E-state index is 5.54. The molecule has 1 saturated heterocycles. The molecule has 0 aliphatic carbocycles. The van der Waals surface area contributed by atoms with Gasteiger partial charge in [0.15, 0.2) is 0 Å². The molecule has 2 atom stereocenters. The van der Waals surface area contributed by atoms with Crippen molar-refractivity contribution in [2.24, 2.45) is 5.92 Å². The van der Waals surface area contributed by atoms with Crippen LogP contribution in [0.4, 0.5) is 0 Å². The van der Waals surface area contributed by atoms with Crippen LogP contribution in [0, 0.1) is 5.92 Å². The molecule has 5 heteroatoms. The first-order chi connectivity index (χ1) is 8.47. The molecule has 0 bridgehead atoms. The van der Waals surface area contributed by atoms with E-state index in [9.17, 15) is 0 Å². The molecule has 0 saturated carbocycles. The average Bonchev–Trinajstić information content (AvgIpc) is 2.88. The average molecular weight is 252 g/mol. The summed E-state index contributed by atoms with van der Waals surface area (Å²) in [5, 5.41) is 11.8. The number of nitrogens with one attached hydrogen (secondary N) is 1. The highest BCUT2D eigenvalue weighted by Crippen LogP contribution is 2.19. The van der Waals surface area contributed by atoms with Crippen molar-refractivity contribution in [1.82, 2.24) is 20.3 Å². The Balaban J connectivity index is 1.78. The molecule has 2 heterocycles. The predicted octanol–water partition coefficient (Wildman–Crippen LogP) is 1.55. The zero-order chi connectivity index (χ0) is 13.2. The number of rotatable bonds is 4. The van der Waals surface area contributed by atoms with Crippen molar-refractivity contribution in [1.29, 1.82) is 0 Å². The molecule has 1 aromatic heterocycles. The summed E-state index contributed by atoms with van der Waals surface area (Å²) in [6.45, 7) is 11.2. The van der Waals surface area contributed by atoms with Crippen LogP contribution in [-0.4, -0.2) is 34.2 Å². The Kier molecular flexibility index (Phi) is 4.02. The van der Waals surface area contributed by atoms with Crippen molar-refractivity contribution in [3.8, 4) is 0 Å². The molecule has 1 aliphatic heterocycles. The smallest absolute Gasteiger partial charge is 0.0965 e. The highest BCUT2D eigenvalue weighted by Gasteiger charge is 2.23. The van der Waals surface area contributed by atoms with Crippen molar-refractivity contribution in [2.45, 2.75) is 52.3 Å². The van der Waals surface area contributed by atoms with Gasteiger partial charge in [0.25, 0.3) is 0 Å². The van der Waals surface area contributed by atoms with Gasteiger partial charge in [0.1, 0.15) is 0 Å². The van der Waals surface area contributed by atoms with E-state index in [0.717, 1.165) is 31.8 Å². The summed E-state index contributed by atoms with van der Waals surface area (Å²) in [5.74, 6) is 0.627. The fourth-order valence-electron chi connectivity index (χ4n) is 2.14. The van der Waals surface area contributed by atoms with Crippen LogP contribution in [0.2, 0.25) is 0 Å². The SMILES string of the molecule is CC1OCCC1CNCc1cn(C(C)(C)C)nn1. The lowest BCUT2D eigenvalue weighted by Crippen LogP contribution is -2.26. The first-order valence-corrected chi connectivity index (χ1v) is 6.71. The molecule has 0 amide bonds. The lowest BCUT2D eigenvalue weighted by molar-refractivity contribution is 0.105. The quantitative estimate of drug-likeness (QED) is 0.883. The minimum Gasteiger partial charge on any atom is -0.378 e. The summed E-state index contributed by atoms with van der Waals surface area (Å²) < 4.78 is 7.45. The molecular formula is C13H24N4O. The Morgan fingerprint density at radius 1 is 1.50 bits per heavy atom. The van der Waals surface area contributed by atoms with E-state index in [-0.39, 0.29) is 5.54 Å². The minimum absolute atomic E-state index is 0.000936. The number of hydrogen-bond acceptors (Lipinski definition) is 4. The van der Waals surface area contributed by atoms with E-state index in [4.69, 9.17) is 4.74 Å². The van der Waals surface area contributed by atoms with Gasteiger partial charge in [-0.05, 0) is 40.0 Å². The van der Waals surface area contributed by atoms with E-state index in [1.54, 1.807) is 0 Å². The first kappa shape index (κ1) is 13.5. The van der Waals surface area contributed by atoms with E-state index < -0.39 is 0 Å². The van der Waals surface area contributed by atoms with Crippen molar-refractivity contribution in [2.75, 3.05) is 13.2 Å². The molecule has 2 unspecified atom stereocenters. The van der Waals surface area contributed by atoms with Gasteiger partial charge in [-0.3, -0.25) is 0 Å². The number of ether oxygens (including phenoxy) is 1. The van der Waals surface area contributed by atoms with Gasteiger partial charge >= 0.3 is 0 Å². The molecular weight excluding hydrogens is 228 g/mol. The van der Waals surface area contributed by atoms with Crippen molar-refractivity contribution in [3.63, 3.8) is 0 Å². The van der Waals surface area contributed by atoms with E-state index in [2.05, 4.69) is 43.3 Å². The van der Waals surface area contributed by atoms with Gasteiger partial charge in [0.05, 0.1) is 23.5 Å². The Hall–Kier alpha value is -0.940. The Morgan fingerprint density at radius 2 is 2.28 bits per heavy atom.